The summed E-state index contributed by atoms with van der Waals surface area (Å²) in [7, 11) is -0.306. The summed E-state index contributed by atoms with van der Waals surface area (Å²) in [5.41, 5.74) is 2.87. The van der Waals surface area contributed by atoms with Crippen LogP contribution >= 0.6 is 11.6 Å². The van der Waals surface area contributed by atoms with Crippen LogP contribution in [0.3, 0.4) is 0 Å². The molecule has 0 aliphatic carbocycles. The molecule has 4 saturated heterocycles. The summed E-state index contributed by atoms with van der Waals surface area (Å²) >= 11 is 6.47. The van der Waals surface area contributed by atoms with Gasteiger partial charge in [0.1, 0.15) is 10.8 Å². The second-order valence-electron chi connectivity index (χ2n) is 15.1. The number of piperazine rings is 1. The van der Waals surface area contributed by atoms with Crippen LogP contribution in [-0.2, 0) is 10.0 Å². The fraction of sp³-hybridized carbons (Fsp3) is 0.579. The Hall–Kier alpha value is -3.40. The van der Waals surface area contributed by atoms with Crippen molar-refractivity contribution in [3.05, 3.63) is 53.7 Å². The molecule has 3 N–H and O–H groups in total. The van der Waals surface area contributed by atoms with E-state index in [1.54, 1.807) is 25.3 Å². The lowest BCUT2D eigenvalue weighted by molar-refractivity contribution is 0.0626. The minimum Gasteiger partial charge on any atom is -0.494 e. The highest BCUT2D eigenvalue weighted by atomic mass is 35.5. The first-order chi connectivity index (χ1) is 25.6. The predicted molar refractivity (Wildman–Crippen MR) is 215 cm³/mol. The van der Waals surface area contributed by atoms with E-state index >= 15 is 0 Å². The molecule has 7 rings (SSSR count). The Bertz CT molecular complexity index is 1790. The Morgan fingerprint density at radius 2 is 1.58 bits per heavy atom. The number of nitrogens with zero attached hydrogens (tertiary/aromatic N) is 7. The summed E-state index contributed by atoms with van der Waals surface area (Å²) in [5, 5.41) is 10.2. The Morgan fingerprint density at radius 3 is 2.26 bits per heavy atom. The number of ether oxygens (including phenoxy) is 1. The number of halogens is 1. The Morgan fingerprint density at radius 1 is 0.887 bits per heavy atom. The molecule has 0 saturated carbocycles. The maximum absolute atomic E-state index is 12.2. The summed E-state index contributed by atoms with van der Waals surface area (Å²) < 4.78 is 31.5. The quantitative estimate of drug-likeness (QED) is 0.227. The maximum atomic E-state index is 12.2. The summed E-state index contributed by atoms with van der Waals surface area (Å²) in [6.45, 7) is 14.3. The van der Waals surface area contributed by atoms with E-state index in [1.807, 2.05) is 12.1 Å². The Labute approximate surface area is 320 Å². The molecule has 3 aromatic rings. The minimum absolute atomic E-state index is 0.295. The average molecular weight is 767 g/mol. The first-order valence-corrected chi connectivity index (χ1v) is 21.3. The highest BCUT2D eigenvalue weighted by Gasteiger charge is 2.30. The highest BCUT2D eigenvalue weighted by Crippen LogP contribution is 2.35. The van der Waals surface area contributed by atoms with E-state index in [4.69, 9.17) is 16.3 Å². The zero-order valence-electron chi connectivity index (χ0n) is 31.3. The average Bonchev–Trinajstić information content (AvgIpc) is 3.15. The van der Waals surface area contributed by atoms with Crippen LogP contribution in [0.5, 0.6) is 5.75 Å². The molecule has 0 spiro atoms. The number of likely N-dealkylation sites (tertiary alicyclic amines) is 1. The van der Waals surface area contributed by atoms with Gasteiger partial charge in [-0.15, -0.1) is 0 Å². The number of nitrogens with one attached hydrogen (secondary N) is 3. The van der Waals surface area contributed by atoms with E-state index in [9.17, 15) is 8.42 Å². The largest absolute Gasteiger partial charge is 0.494 e. The lowest BCUT2D eigenvalue weighted by Crippen LogP contribution is -2.54. The van der Waals surface area contributed by atoms with Crippen molar-refractivity contribution >= 4 is 56.1 Å². The SMILES string of the molecule is COc1cc(N2CCC(N3CCN(CC4CCN(CC5CNC5)CC4)CC3)CC2)ccc1Nc1ncc(Cl)c(Nc2ccccc2N(C)S(C)(=O)=O)n1. The van der Waals surface area contributed by atoms with E-state index in [1.165, 1.54) is 95.8 Å². The standard InChI is InChI=1S/C38H55ClN10O3S/c1-45(53(3,50)51)35-7-5-4-6-33(35)42-37-32(39)25-41-38(44-37)43-34-9-8-31(22-36(34)52-2)48-16-12-30(13-17-48)49-20-18-47(19-21-49)26-28-10-14-46(15-11-28)27-29-23-40-24-29/h4-9,22,25,28-30,40H,10-21,23-24,26-27H2,1-3H3,(H2,41,42,43,44). The summed E-state index contributed by atoms with van der Waals surface area (Å²) in [5.74, 6) is 3.09. The topological polar surface area (TPSA) is 121 Å². The molecule has 53 heavy (non-hydrogen) atoms. The van der Waals surface area contributed by atoms with Crippen LogP contribution in [0.1, 0.15) is 25.7 Å². The van der Waals surface area contributed by atoms with E-state index in [0.29, 0.717) is 40.0 Å². The molecule has 0 bridgehead atoms. The van der Waals surface area contributed by atoms with Gasteiger partial charge in [-0.3, -0.25) is 9.21 Å². The molecule has 0 atom stereocenters. The van der Waals surface area contributed by atoms with Gasteiger partial charge in [-0.25, -0.2) is 13.4 Å². The van der Waals surface area contributed by atoms with Crippen molar-refractivity contribution in [1.82, 2.24) is 30.0 Å². The van der Waals surface area contributed by atoms with Gasteiger partial charge in [-0.05, 0) is 74.9 Å². The predicted octanol–water partition coefficient (Wildman–Crippen LogP) is 4.54. The maximum Gasteiger partial charge on any atom is 0.232 e. The monoisotopic (exact) mass is 766 g/mol. The van der Waals surface area contributed by atoms with E-state index < -0.39 is 10.0 Å². The fourth-order valence-electron chi connectivity index (χ4n) is 8.14. The summed E-state index contributed by atoms with van der Waals surface area (Å²) in [6, 6.07) is 13.9. The number of rotatable bonds is 13. The third-order valence-electron chi connectivity index (χ3n) is 11.5. The van der Waals surface area contributed by atoms with Crippen molar-refractivity contribution in [1.29, 1.82) is 0 Å². The zero-order chi connectivity index (χ0) is 37.0. The molecular weight excluding hydrogens is 712 g/mol. The van der Waals surface area contributed by atoms with Crippen molar-refractivity contribution in [3.63, 3.8) is 0 Å². The highest BCUT2D eigenvalue weighted by molar-refractivity contribution is 7.92. The number of para-hydroxylation sites is 2. The Balaban J connectivity index is 0.894. The molecule has 4 aliphatic rings. The van der Waals surface area contributed by atoms with Crippen molar-refractivity contribution in [2.75, 3.05) is 119 Å². The lowest BCUT2D eigenvalue weighted by Gasteiger charge is -2.44. The van der Waals surface area contributed by atoms with Gasteiger partial charge in [0.05, 0.1) is 36.6 Å². The van der Waals surface area contributed by atoms with Gasteiger partial charge in [-0.1, -0.05) is 23.7 Å². The van der Waals surface area contributed by atoms with Crippen molar-refractivity contribution < 1.29 is 13.2 Å². The smallest absolute Gasteiger partial charge is 0.232 e. The minimum atomic E-state index is -3.47. The van der Waals surface area contributed by atoms with Crippen LogP contribution in [0.25, 0.3) is 0 Å². The molecule has 0 radical (unpaired) electrons. The van der Waals surface area contributed by atoms with Crippen LogP contribution in [-0.4, -0.2) is 138 Å². The molecular formula is C38H55ClN10O3S. The molecule has 0 unspecified atom stereocenters. The van der Waals surface area contributed by atoms with Gasteiger partial charge in [0, 0.05) is 90.3 Å². The zero-order valence-corrected chi connectivity index (χ0v) is 32.9. The number of aromatic nitrogens is 2. The molecule has 15 heteroatoms. The van der Waals surface area contributed by atoms with Crippen LogP contribution in [0.15, 0.2) is 48.7 Å². The second kappa shape index (κ2) is 17.0. The summed E-state index contributed by atoms with van der Waals surface area (Å²) in [6.07, 6.45) is 7.71. The molecule has 288 valence electrons. The molecule has 2 aromatic carbocycles. The molecule has 4 aliphatic heterocycles. The van der Waals surface area contributed by atoms with Crippen molar-refractivity contribution in [2.45, 2.75) is 31.7 Å². The fourth-order valence-corrected chi connectivity index (χ4v) is 8.79. The first-order valence-electron chi connectivity index (χ1n) is 19.0. The van der Waals surface area contributed by atoms with E-state index in [-0.39, 0.29) is 0 Å². The van der Waals surface area contributed by atoms with Crippen LogP contribution in [0.4, 0.5) is 34.5 Å². The number of hydrogen-bond acceptors (Lipinski definition) is 12. The number of hydrogen-bond donors (Lipinski definition) is 3. The van der Waals surface area contributed by atoms with Crippen molar-refractivity contribution in [3.8, 4) is 5.75 Å². The second-order valence-corrected chi connectivity index (χ2v) is 17.5. The molecule has 13 nitrogen and oxygen atoms in total. The van der Waals surface area contributed by atoms with Gasteiger partial charge in [-0.2, -0.15) is 4.98 Å². The van der Waals surface area contributed by atoms with Gasteiger partial charge in [0.15, 0.2) is 5.82 Å². The summed E-state index contributed by atoms with van der Waals surface area (Å²) in [4.78, 5) is 19.6. The van der Waals surface area contributed by atoms with Crippen LogP contribution in [0, 0.1) is 11.8 Å². The number of anilines is 6. The normalized spacial score (nSPS) is 20.3. The van der Waals surface area contributed by atoms with Crippen LogP contribution < -0.4 is 29.9 Å². The van der Waals surface area contributed by atoms with Gasteiger partial charge < -0.3 is 35.4 Å². The van der Waals surface area contributed by atoms with E-state index in [2.05, 4.69) is 57.7 Å². The van der Waals surface area contributed by atoms with Crippen molar-refractivity contribution in [2.24, 2.45) is 11.8 Å². The van der Waals surface area contributed by atoms with E-state index in [0.717, 1.165) is 55.4 Å². The first kappa shape index (κ1) is 37.9. The third kappa shape index (κ3) is 9.46. The molecule has 4 fully saturated rings. The van der Waals surface area contributed by atoms with Gasteiger partial charge in [0.2, 0.25) is 16.0 Å². The number of benzene rings is 2. The van der Waals surface area contributed by atoms with Gasteiger partial charge in [0.25, 0.3) is 0 Å². The molecule has 1 aromatic heterocycles. The van der Waals surface area contributed by atoms with Crippen LogP contribution in [0.2, 0.25) is 5.02 Å². The number of piperidine rings is 2. The number of sulfonamides is 1. The van der Waals surface area contributed by atoms with Gasteiger partial charge >= 0.3 is 0 Å². The molecule has 0 amide bonds. The number of methoxy groups -OCH3 is 1. The third-order valence-corrected chi connectivity index (χ3v) is 13.0. The lowest BCUT2D eigenvalue weighted by atomic mass is 9.94. The molecule has 5 heterocycles. The Kier molecular flexibility index (Phi) is 12.1.